The molecule has 2 aliphatic heterocycles. The summed E-state index contributed by atoms with van der Waals surface area (Å²) in [6, 6.07) is 0. The molecule has 0 saturated carbocycles. The van der Waals surface area contributed by atoms with Crippen molar-refractivity contribution < 1.29 is 9.53 Å². The summed E-state index contributed by atoms with van der Waals surface area (Å²) < 4.78 is 5.47. The summed E-state index contributed by atoms with van der Waals surface area (Å²) in [6.07, 6.45) is 4.73. The standard InChI is InChI=1S/C17H33N3O2/c1-17(2,3)22-16(21)20-12-4-7-15(14-20)13-18-8-5-9-19-10-6-11-19/h15,18H,4-14H2,1-3H3. The summed E-state index contributed by atoms with van der Waals surface area (Å²) >= 11 is 0. The van der Waals surface area contributed by atoms with Crippen LogP contribution in [0.25, 0.3) is 0 Å². The lowest BCUT2D eigenvalue weighted by Gasteiger charge is -2.34. The van der Waals surface area contributed by atoms with Crippen LogP contribution >= 0.6 is 0 Å². The molecule has 2 heterocycles. The number of likely N-dealkylation sites (tertiary alicyclic amines) is 2. The molecule has 2 fully saturated rings. The second-order valence-corrected chi connectivity index (χ2v) is 7.69. The van der Waals surface area contributed by atoms with Gasteiger partial charge in [0.1, 0.15) is 5.60 Å². The Morgan fingerprint density at radius 3 is 2.64 bits per heavy atom. The molecule has 0 aromatic rings. The zero-order chi connectivity index (χ0) is 16.0. The Morgan fingerprint density at radius 2 is 2.00 bits per heavy atom. The largest absolute Gasteiger partial charge is 0.444 e. The molecular weight excluding hydrogens is 278 g/mol. The molecule has 22 heavy (non-hydrogen) atoms. The number of nitrogens with one attached hydrogen (secondary N) is 1. The predicted molar refractivity (Wildman–Crippen MR) is 89.1 cm³/mol. The van der Waals surface area contributed by atoms with E-state index in [9.17, 15) is 4.79 Å². The second kappa shape index (κ2) is 8.16. The normalized spacial score (nSPS) is 23.2. The molecule has 0 spiro atoms. The number of ether oxygens (including phenoxy) is 1. The third-order valence-electron chi connectivity index (χ3n) is 4.38. The Balaban J connectivity index is 1.59. The average molecular weight is 311 g/mol. The van der Waals surface area contributed by atoms with E-state index in [0.29, 0.717) is 5.92 Å². The fourth-order valence-electron chi connectivity index (χ4n) is 3.06. The summed E-state index contributed by atoms with van der Waals surface area (Å²) in [7, 11) is 0. The van der Waals surface area contributed by atoms with Crippen molar-refractivity contribution >= 4 is 6.09 Å². The number of rotatable bonds is 6. The van der Waals surface area contributed by atoms with Crippen LogP contribution in [0, 0.1) is 5.92 Å². The number of piperidine rings is 1. The first-order valence-electron chi connectivity index (χ1n) is 8.85. The molecule has 2 saturated heterocycles. The molecule has 0 radical (unpaired) electrons. The molecular formula is C17H33N3O2. The van der Waals surface area contributed by atoms with Gasteiger partial charge in [0.15, 0.2) is 0 Å². The highest BCUT2D eigenvalue weighted by Crippen LogP contribution is 2.18. The monoisotopic (exact) mass is 311 g/mol. The maximum absolute atomic E-state index is 12.1. The first kappa shape index (κ1) is 17.5. The highest BCUT2D eigenvalue weighted by atomic mass is 16.6. The molecule has 0 aromatic carbocycles. The Kier molecular flexibility index (Phi) is 6.50. The van der Waals surface area contributed by atoms with E-state index in [4.69, 9.17) is 4.74 Å². The third-order valence-corrected chi connectivity index (χ3v) is 4.38. The lowest BCUT2D eigenvalue weighted by molar-refractivity contribution is 0.0166. The van der Waals surface area contributed by atoms with Crippen molar-refractivity contribution in [3.8, 4) is 0 Å². The van der Waals surface area contributed by atoms with Gasteiger partial charge in [-0.05, 0) is 85.1 Å². The van der Waals surface area contributed by atoms with Crippen LogP contribution in [0.3, 0.4) is 0 Å². The van der Waals surface area contributed by atoms with Crippen LogP contribution < -0.4 is 5.32 Å². The number of carbonyl (C=O) groups excluding carboxylic acids is 1. The zero-order valence-electron chi connectivity index (χ0n) is 14.6. The van der Waals surface area contributed by atoms with Crippen molar-refractivity contribution in [1.29, 1.82) is 0 Å². The number of carbonyl (C=O) groups is 1. The van der Waals surface area contributed by atoms with Crippen LogP contribution in [0.15, 0.2) is 0 Å². The Bertz CT molecular complexity index is 350. The Morgan fingerprint density at radius 1 is 1.23 bits per heavy atom. The maximum atomic E-state index is 12.1. The van der Waals surface area contributed by atoms with Crippen LogP contribution in [-0.2, 0) is 4.74 Å². The minimum atomic E-state index is -0.404. The predicted octanol–water partition coefficient (Wildman–Crippen LogP) is 2.32. The molecule has 5 nitrogen and oxygen atoms in total. The summed E-state index contributed by atoms with van der Waals surface area (Å²) in [6.45, 7) is 13.3. The van der Waals surface area contributed by atoms with Crippen LogP contribution in [0.1, 0.15) is 46.5 Å². The molecule has 2 aliphatic rings. The topological polar surface area (TPSA) is 44.8 Å². The van der Waals surface area contributed by atoms with Crippen LogP contribution in [-0.4, -0.2) is 67.3 Å². The van der Waals surface area contributed by atoms with Crippen molar-refractivity contribution in [2.75, 3.05) is 45.8 Å². The van der Waals surface area contributed by atoms with Gasteiger partial charge in [0.2, 0.25) is 0 Å². The van der Waals surface area contributed by atoms with E-state index in [1.165, 1.54) is 38.9 Å². The fraction of sp³-hybridized carbons (Fsp3) is 0.941. The summed E-state index contributed by atoms with van der Waals surface area (Å²) in [5.74, 6) is 0.560. The van der Waals surface area contributed by atoms with Gasteiger partial charge in [-0.1, -0.05) is 0 Å². The van der Waals surface area contributed by atoms with E-state index in [1.807, 2.05) is 25.7 Å². The van der Waals surface area contributed by atoms with Gasteiger partial charge in [0.25, 0.3) is 0 Å². The molecule has 0 aromatic heterocycles. The maximum Gasteiger partial charge on any atom is 0.410 e. The quantitative estimate of drug-likeness (QED) is 0.765. The Hall–Kier alpha value is -0.810. The Labute approximate surface area is 135 Å². The van der Waals surface area contributed by atoms with Gasteiger partial charge in [0.05, 0.1) is 0 Å². The van der Waals surface area contributed by atoms with Gasteiger partial charge in [-0.25, -0.2) is 4.79 Å². The summed E-state index contributed by atoms with van der Waals surface area (Å²) in [5.41, 5.74) is -0.404. The molecule has 0 bridgehead atoms. The molecule has 0 aliphatic carbocycles. The first-order chi connectivity index (χ1) is 10.4. The van der Waals surface area contributed by atoms with Gasteiger partial charge in [-0.2, -0.15) is 0 Å². The number of nitrogens with zero attached hydrogens (tertiary/aromatic N) is 2. The minimum Gasteiger partial charge on any atom is -0.444 e. The first-order valence-corrected chi connectivity index (χ1v) is 8.85. The van der Waals surface area contributed by atoms with Crippen LogP contribution in [0.4, 0.5) is 4.79 Å². The molecule has 128 valence electrons. The lowest BCUT2D eigenvalue weighted by Crippen LogP contribution is -2.45. The van der Waals surface area contributed by atoms with Gasteiger partial charge in [0, 0.05) is 13.1 Å². The second-order valence-electron chi connectivity index (χ2n) is 7.69. The van der Waals surface area contributed by atoms with Gasteiger partial charge < -0.3 is 19.9 Å². The summed E-state index contributed by atoms with van der Waals surface area (Å²) in [4.78, 5) is 16.5. The number of hydrogen-bond donors (Lipinski definition) is 1. The van der Waals surface area contributed by atoms with Crippen molar-refractivity contribution in [1.82, 2.24) is 15.1 Å². The van der Waals surface area contributed by atoms with E-state index in [1.54, 1.807) is 0 Å². The van der Waals surface area contributed by atoms with E-state index in [-0.39, 0.29) is 6.09 Å². The van der Waals surface area contributed by atoms with E-state index in [0.717, 1.165) is 32.6 Å². The molecule has 5 heteroatoms. The van der Waals surface area contributed by atoms with Crippen LogP contribution in [0.2, 0.25) is 0 Å². The SMILES string of the molecule is CC(C)(C)OC(=O)N1CCCC(CNCCCN2CCC2)C1. The van der Waals surface area contributed by atoms with Crippen molar-refractivity contribution in [3.05, 3.63) is 0 Å². The zero-order valence-corrected chi connectivity index (χ0v) is 14.6. The van der Waals surface area contributed by atoms with Crippen LogP contribution in [0.5, 0.6) is 0 Å². The fourth-order valence-corrected chi connectivity index (χ4v) is 3.06. The molecule has 1 atom stereocenters. The summed E-state index contributed by atoms with van der Waals surface area (Å²) in [5, 5.41) is 3.56. The van der Waals surface area contributed by atoms with Gasteiger partial charge >= 0.3 is 6.09 Å². The average Bonchev–Trinajstić information content (AvgIpc) is 2.39. The highest BCUT2D eigenvalue weighted by Gasteiger charge is 2.27. The minimum absolute atomic E-state index is 0.157. The van der Waals surface area contributed by atoms with Crippen molar-refractivity contribution in [3.63, 3.8) is 0 Å². The van der Waals surface area contributed by atoms with Gasteiger partial charge in [-0.3, -0.25) is 0 Å². The van der Waals surface area contributed by atoms with Crippen molar-refractivity contribution in [2.45, 2.75) is 52.1 Å². The molecule has 1 N–H and O–H groups in total. The van der Waals surface area contributed by atoms with Gasteiger partial charge in [-0.15, -0.1) is 0 Å². The van der Waals surface area contributed by atoms with E-state index in [2.05, 4.69) is 10.2 Å². The van der Waals surface area contributed by atoms with Crippen molar-refractivity contribution in [2.24, 2.45) is 5.92 Å². The smallest absolute Gasteiger partial charge is 0.410 e. The van der Waals surface area contributed by atoms with E-state index < -0.39 is 5.60 Å². The molecule has 1 amide bonds. The highest BCUT2D eigenvalue weighted by molar-refractivity contribution is 5.68. The molecule has 2 rings (SSSR count). The molecule has 1 unspecified atom stereocenters. The third kappa shape index (κ3) is 6.13. The lowest BCUT2D eigenvalue weighted by atomic mass is 9.98. The number of amides is 1. The van der Waals surface area contributed by atoms with E-state index >= 15 is 0 Å². The number of hydrogen-bond acceptors (Lipinski definition) is 4.